The van der Waals surface area contributed by atoms with E-state index in [0.717, 1.165) is 48.9 Å². The molecule has 0 amide bonds. The normalized spacial score (nSPS) is 52.4. The molecule has 154 valence electrons. The van der Waals surface area contributed by atoms with Crippen LogP contribution in [0.4, 0.5) is 0 Å². The van der Waals surface area contributed by atoms with E-state index in [4.69, 9.17) is 4.74 Å². The molecule has 0 aliphatic heterocycles. The third-order valence-corrected chi connectivity index (χ3v) is 10.6. The van der Waals surface area contributed by atoms with Crippen LogP contribution in [0.25, 0.3) is 0 Å². The van der Waals surface area contributed by atoms with Gasteiger partial charge < -0.3 is 4.74 Å². The minimum absolute atomic E-state index is 0.105. The van der Waals surface area contributed by atoms with Crippen molar-refractivity contribution in [2.24, 2.45) is 46.3 Å². The fraction of sp³-hybridized carbons (Fsp3) is 0.920. The molecular formula is C25H37NO2. The smallest absolute Gasteiger partial charge is 0.302 e. The summed E-state index contributed by atoms with van der Waals surface area (Å²) in [6.45, 7) is 4.15. The molecule has 0 bridgehead atoms. The van der Waals surface area contributed by atoms with E-state index in [2.05, 4.69) is 13.0 Å². The van der Waals surface area contributed by atoms with Crippen molar-refractivity contribution < 1.29 is 9.53 Å². The predicted molar refractivity (Wildman–Crippen MR) is 108 cm³/mol. The number of hydrogen-bond acceptors (Lipinski definition) is 3. The molecule has 0 aromatic carbocycles. The highest BCUT2D eigenvalue weighted by Gasteiger charge is 2.62. The first-order valence-electron chi connectivity index (χ1n) is 12.0. The summed E-state index contributed by atoms with van der Waals surface area (Å²) < 4.78 is 5.62. The molecule has 9 atom stereocenters. The number of hydrogen-bond donors (Lipinski definition) is 0. The number of nitrogens with zero attached hydrogens (tertiary/aromatic N) is 1. The number of rotatable bonds is 1. The molecule has 5 saturated carbocycles. The second-order valence-electron chi connectivity index (χ2n) is 11.3. The Bertz CT molecular complexity index is 683. The van der Waals surface area contributed by atoms with Crippen LogP contribution in [-0.2, 0) is 9.53 Å². The zero-order chi connectivity index (χ0) is 19.5. The van der Waals surface area contributed by atoms with E-state index in [1.165, 1.54) is 57.8 Å². The molecule has 0 N–H and O–H groups in total. The van der Waals surface area contributed by atoms with Gasteiger partial charge in [0.1, 0.15) is 6.10 Å². The summed E-state index contributed by atoms with van der Waals surface area (Å²) in [6, 6.07) is 2.59. The summed E-state index contributed by atoms with van der Waals surface area (Å²) in [6.07, 6.45) is 15.7. The molecule has 5 fully saturated rings. The van der Waals surface area contributed by atoms with Gasteiger partial charge >= 0.3 is 5.97 Å². The minimum Gasteiger partial charge on any atom is -0.463 e. The third kappa shape index (κ3) is 2.69. The number of fused-ring (bicyclic) bond motifs is 4. The van der Waals surface area contributed by atoms with Gasteiger partial charge in [-0.2, -0.15) is 5.26 Å². The lowest BCUT2D eigenvalue weighted by atomic mass is 9.43. The summed E-state index contributed by atoms with van der Waals surface area (Å²) >= 11 is 0. The first-order chi connectivity index (χ1) is 13.5. The van der Waals surface area contributed by atoms with E-state index < -0.39 is 0 Å². The fourth-order valence-corrected chi connectivity index (χ4v) is 9.37. The van der Waals surface area contributed by atoms with E-state index in [-0.39, 0.29) is 12.1 Å². The standard InChI is InChI=1S/C25H37NO2/c1-16(27)28-20-8-10-24(2)18(14-20)3-5-21-22(24)9-12-25-11-7-17(15-26)13-19(25)4-6-23(21)25/h17-23H,3-14H2,1-2H3/t17?,18-,19+,20+,21?,22?,23?,24-,25+/m0/s1. The Balaban J connectivity index is 1.35. The van der Waals surface area contributed by atoms with Crippen molar-refractivity contribution in [2.75, 3.05) is 0 Å². The van der Waals surface area contributed by atoms with Crippen molar-refractivity contribution in [3.05, 3.63) is 0 Å². The Morgan fingerprint density at radius 1 is 0.929 bits per heavy atom. The molecule has 0 radical (unpaired) electrons. The second kappa shape index (κ2) is 6.75. The van der Waals surface area contributed by atoms with Crippen molar-refractivity contribution in [1.82, 2.24) is 0 Å². The molecule has 5 rings (SSSR count). The van der Waals surface area contributed by atoms with Gasteiger partial charge in [0.25, 0.3) is 0 Å². The number of ether oxygens (including phenoxy) is 1. The molecule has 5 aliphatic rings. The van der Waals surface area contributed by atoms with Crippen LogP contribution >= 0.6 is 0 Å². The Labute approximate surface area is 170 Å². The van der Waals surface area contributed by atoms with Crippen molar-refractivity contribution in [2.45, 2.75) is 97.0 Å². The lowest BCUT2D eigenvalue weighted by molar-refractivity contribution is -0.162. The lowest BCUT2D eigenvalue weighted by Crippen LogP contribution is -2.55. The zero-order valence-electron chi connectivity index (χ0n) is 17.8. The van der Waals surface area contributed by atoms with Crippen LogP contribution in [0.2, 0.25) is 0 Å². The number of nitriles is 1. The maximum Gasteiger partial charge on any atom is 0.302 e. The first kappa shape index (κ1) is 19.0. The Hall–Kier alpha value is -1.04. The van der Waals surface area contributed by atoms with Gasteiger partial charge in [0.15, 0.2) is 0 Å². The van der Waals surface area contributed by atoms with E-state index in [0.29, 0.717) is 16.7 Å². The second-order valence-corrected chi connectivity index (χ2v) is 11.3. The summed E-state index contributed by atoms with van der Waals surface area (Å²) in [7, 11) is 0. The number of carbonyl (C=O) groups is 1. The highest BCUT2D eigenvalue weighted by atomic mass is 16.5. The van der Waals surface area contributed by atoms with Gasteiger partial charge in [-0.1, -0.05) is 6.92 Å². The Morgan fingerprint density at radius 2 is 1.71 bits per heavy atom. The molecule has 5 aliphatic carbocycles. The molecule has 1 spiro atoms. The van der Waals surface area contributed by atoms with Crippen molar-refractivity contribution in [3.8, 4) is 6.07 Å². The quantitative estimate of drug-likeness (QED) is 0.531. The van der Waals surface area contributed by atoms with Gasteiger partial charge in [-0.3, -0.25) is 4.79 Å². The topological polar surface area (TPSA) is 50.1 Å². The van der Waals surface area contributed by atoms with Crippen molar-refractivity contribution in [1.29, 1.82) is 5.26 Å². The summed E-state index contributed by atoms with van der Waals surface area (Å²) in [5.41, 5.74) is 1.05. The fourth-order valence-electron chi connectivity index (χ4n) is 9.37. The van der Waals surface area contributed by atoms with E-state index >= 15 is 0 Å². The number of carbonyl (C=O) groups excluding carboxylic acids is 1. The highest BCUT2D eigenvalue weighted by molar-refractivity contribution is 5.66. The van der Waals surface area contributed by atoms with Gasteiger partial charge in [-0.05, 0) is 117 Å². The largest absolute Gasteiger partial charge is 0.463 e. The Kier molecular flexibility index (Phi) is 4.57. The maximum absolute atomic E-state index is 11.4. The van der Waals surface area contributed by atoms with Crippen LogP contribution in [0.1, 0.15) is 90.9 Å². The van der Waals surface area contributed by atoms with Gasteiger partial charge in [-0.15, -0.1) is 0 Å². The van der Waals surface area contributed by atoms with Gasteiger partial charge in [-0.25, -0.2) is 0 Å². The molecular weight excluding hydrogens is 346 g/mol. The van der Waals surface area contributed by atoms with E-state index in [9.17, 15) is 10.1 Å². The molecule has 4 unspecified atom stereocenters. The average Bonchev–Trinajstić information content (AvgIpc) is 3.06. The van der Waals surface area contributed by atoms with Gasteiger partial charge in [0.05, 0.1) is 6.07 Å². The van der Waals surface area contributed by atoms with E-state index in [1.807, 2.05) is 0 Å². The van der Waals surface area contributed by atoms with Crippen LogP contribution in [0.3, 0.4) is 0 Å². The van der Waals surface area contributed by atoms with Crippen LogP contribution in [0.5, 0.6) is 0 Å². The van der Waals surface area contributed by atoms with Crippen molar-refractivity contribution in [3.63, 3.8) is 0 Å². The SMILES string of the molecule is CC(=O)O[C@@H]1CC[C@]2(C)C3CC[C@]45CCC(C#N)C[C@H]4CCC5C3CC[C@H]2C1. The summed E-state index contributed by atoms with van der Waals surface area (Å²) in [5, 5.41) is 9.45. The van der Waals surface area contributed by atoms with Gasteiger partial charge in [0, 0.05) is 12.8 Å². The summed E-state index contributed by atoms with van der Waals surface area (Å²) in [5.74, 6) is 4.54. The maximum atomic E-state index is 11.4. The first-order valence-corrected chi connectivity index (χ1v) is 12.0. The molecule has 28 heavy (non-hydrogen) atoms. The van der Waals surface area contributed by atoms with Crippen LogP contribution in [0, 0.1) is 57.7 Å². The summed E-state index contributed by atoms with van der Waals surface area (Å²) in [4.78, 5) is 11.4. The third-order valence-electron chi connectivity index (χ3n) is 10.6. The molecule has 3 heteroatoms. The molecule has 3 nitrogen and oxygen atoms in total. The average molecular weight is 384 g/mol. The van der Waals surface area contributed by atoms with Crippen molar-refractivity contribution >= 4 is 5.97 Å². The lowest BCUT2D eigenvalue weighted by Gasteiger charge is -2.62. The predicted octanol–water partition coefficient (Wildman–Crippen LogP) is 5.88. The molecule has 0 saturated heterocycles. The zero-order valence-corrected chi connectivity index (χ0v) is 17.8. The van der Waals surface area contributed by atoms with E-state index in [1.54, 1.807) is 6.92 Å². The Morgan fingerprint density at radius 3 is 2.50 bits per heavy atom. The monoisotopic (exact) mass is 383 g/mol. The number of esters is 1. The molecule has 0 aromatic heterocycles. The minimum atomic E-state index is -0.105. The highest BCUT2D eigenvalue weighted by Crippen LogP contribution is 2.70. The van der Waals surface area contributed by atoms with Gasteiger partial charge in [0.2, 0.25) is 0 Å². The molecule has 0 aromatic rings. The van der Waals surface area contributed by atoms with Crippen LogP contribution in [0.15, 0.2) is 0 Å². The van der Waals surface area contributed by atoms with Crippen LogP contribution in [-0.4, -0.2) is 12.1 Å². The molecule has 0 heterocycles. The van der Waals surface area contributed by atoms with Crippen LogP contribution < -0.4 is 0 Å².